The minimum Gasteiger partial charge on any atom is -0.240 e. The van der Waals surface area contributed by atoms with E-state index in [2.05, 4.69) is 9.82 Å². The molecule has 5 nitrogen and oxygen atoms in total. The summed E-state index contributed by atoms with van der Waals surface area (Å²) in [7, 11) is -3.68. The minimum absolute atomic E-state index is 0.0513. The zero-order valence-corrected chi connectivity index (χ0v) is 17.1. The summed E-state index contributed by atoms with van der Waals surface area (Å²) in [5.41, 5.74) is 3.80. The zero-order chi connectivity index (χ0) is 21.1. The number of halogens is 1. The van der Waals surface area contributed by atoms with Crippen LogP contribution in [0.1, 0.15) is 11.1 Å². The Kier molecular flexibility index (Phi) is 5.48. The van der Waals surface area contributed by atoms with Gasteiger partial charge in [-0.3, -0.25) is 0 Å². The monoisotopic (exact) mass is 421 g/mol. The maximum atomic E-state index is 13.4. The SMILES string of the molecule is Cc1ccc(S(=O)(=O)NCc2cn(-c3ccccc3)nc2-c2ccc(F)cc2)cc1. The summed E-state index contributed by atoms with van der Waals surface area (Å²) in [5, 5.41) is 4.62. The van der Waals surface area contributed by atoms with Crippen molar-refractivity contribution in [3.05, 3.63) is 102 Å². The van der Waals surface area contributed by atoms with Gasteiger partial charge in [-0.1, -0.05) is 35.9 Å². The van der Waals surface area contributed by atoms with E-state index in [1.165, 1.54) is 12.1 Å². The van der Waals surface area contributed by atoms with Crippen LogP contribution in [0.2, 0.25) is 0 Å². The highest BCUT2D eigenvalue weighted by molar-refractivity contribution is 7.89. The first kappa shape index (κ1) is 20.0. The Morgan fingerprint density at radius 1 is 0.933 bits per heavy atom. The lowest BCUT2D eigenvalue weighted by molar-refractivity contribution is 0.581. The topological polar surface area (TPSA) is 64.0 Å². The molecule has 4 rings (SSSR count). The molecule has 0 atom stereocenters. The van der Waals surface area contributed by atoms with Crippen molar-refractivity contribution < 1.29 is 12.8 Å². The summed E-state index contributed by atoms with van der Waals surface area (Å²) >= 11 is 0. The second kappa shape index (κ2) is 8.22. The van der Waals surface area contributed by atoms with Crippen molar-refractivity contribution in [2.24, 2.45) is 0 Å². The molecule has 1 aromatic heterocycles. The van der Waals surface area contributed by atoms with E-state index in [1.54, 1.807) is 47.3 Å². The Balaban J connectivity index is 1.68. The van der Waals surface area contributed by atoms with Gasteiger partial charge in [0.05, 0.1) is 16.3 Å². The molecule has 30 heavy (non-hydrogen) atoms. The van der Waals surface area contributed by atoms with Crippen molar-refractivity contribution in [1.29, 1.82) is 0 Å². The van der Waals surface area contributed by atoms with Crippen LogP contribution in [0.3, 0.4) is 0 Å². The number of nitrogens with one attached hydrogen (secondary N) is 1. The molecule has 4 aromatic rings. The number of aromatic nitrogens is 2. The Labute approximate surface area is 174 Å². The molecule has 1 N–H and O–H groups in total. The predicted molar refractivity (Wildman–Crippen MR) is 114 cm³/mol. The van der Waals surface area contributed by atoms with Crippen molar-refractivity contribution in [2.45, 2.75) is 18.4 Å². The van der Waals surface area contributed by atoms with Crippen molar-refractivity contribution in [2.75, 3.05) is 0 Å². The van der Waals surface area contributed by atoms with Crippen LogP contribution in [0, 0.1) is 12.7 Å². The maximum absolute atomic E-state index is 13.4. The molecular weight excluding hydrogens is 401 g/mol. The second-order valence-corrected chi connectivity index (χ2v) is 8.69. The molecule has 0 spiro atoms. The fourth-order valence-corrected chi connectivity index (χ4v) is 4.08. The zero-order valence-electron chi connectivity index (χ0n) is 16.3. The van der Waals surface area contributed by atoms with Gasteiger partial charge in [0.1, 0.15) is 5.82 Å². The average Bonchev–Trinajstić information content (AvgIpc) is 3.18. The maximum Gasteiger partial charge on any atom is 0.240 e. The van der Waals surface area contributed by atoms with Gasteiger partial charge in [0.2, 0.25) is 10.0 Å². The first-order valence-corrected chi connectivity index (χ1v) is 10.9. The van der Waals surface area contributed by atoms with Crippen LogP contribution >= 0.6 is 0 Å². The number of nitrogens with zero attached hydrogens (tertiary/aromatic N) is 2. The molecule has 7 heteroatoms. The van der Waals surface area contributed by atoms with Crippen LogP contribution in [-0.2, 0) is 16.6 Å². The van der Waals surface area contributed by atoms with Crippen LogP contribution < -0.4 is 4.72 Å². The minimum atomic E-state index is -3.68. The second-order valence-electron chi connectivity index (χ2n) is 6.93. The summed E-state index contributed by atoms with van der Waals surface area (Å²) in [6.45, 7) is 1.95. The van der Waals surface area contributed by atoms with Gasteiger partial charge in [-0.05, 0) is 55.5 Å². The summed E-state index contributed by atoms with van der Waals surface area (Å²) < 4.78 is 43.1. The van der Waals surface area contributed by atoms with E-state index in [0.29, 0.717) is 16.8 Å². The third-order valence-corrected chi connectivity index (χ3v) is 6.13. The third-order valence-electron chi connectivity index (χ3n) is 4.71. The number of rotatable bonds is 6. The lowest BCUT2D eigenvalue weighted by Gasteiger charge is -2.07. The lowest BCUT2D eigenvalue weighted by atomic mass is 10.1. The van der Waals surface area contributed by atoms with Gasteiger partial charge in [-0.2, -0.15) is 5.10 Å². The molecule has 0 aliphatic heterocycles. The Morgan fingerprint density at radius 2 is 1.60 bits per heavy atom. The molecule has 0 radical (unpaired) electrons. The number of sulfonamides is 1. The van der Waals surface area contributed by atoms with Gasteiger partial charge in [-0.15, -0.1) is 0 Å². The van der Waals surface area contributed by atoms with Gasteiger partial charge in [-0.25, -0.2) is 22.2 Å². The molecule has 152 valence electrons. The molecule has 3 aromatic carbocycles. The van der Waals surface area contributed by atoms with Crippen LogP contribution in [-0.4, -0.2) is 18.2 Å². The first-order chi connectivity index (χ1) is 14.4. The Bertz CT molecular complexity index is 1250. The standard InChI is InChI=1S/C23H20FN3O2S/c1-17-7-13-22(14-8-17)30(28,29)25-15-19-16-27(21-5-3-2-4-6-21)26-23(19)18-9-11-20(24)12-10-18/h2-14,16,25H,15H2,1H3. The number of aryl methyl sites for hydroxylation is 1. The molecule has 0 saturated heterocycles. The van der Waals surface area contributed by atoms with Crippen molar-refractivity contribution in [3.8, 4) is 16.9 Å². The van der Waals surface area contributed by atoms with Gasteiger partial charge >= 0.3 is 0 Å². The highest BCUT2D eigenvalue weighted by Crippen LogP contribution is 2.24. The van der Waals surface area contributed by atoms with E-state index in [-0.39, 0.29) is 17.3 Å². The van der Waals surface area contributed by atoms with Crippen molar-refractivity contribution in [3.63, 3.8) is 0 Å². The van der Waals surface area contributed by atoms with Crippen LogP contribution in [0.15, 0.2) is 90.0 Å². The normalized spacial score (nSPS) is 11.5. The van der Waals surface area contributed by atoms with E-state index in [1.807, 2.05) is 37.3 Å². The quantitative estimate of drug-likeness (QED) is 0.500. The van der Waals surface area contributed by atoms with Gasteiger partial charge in [0.15, 0.2) is 0 Å². The van der Waals surface area contributed by atoms with E-state index >= 15 is 0 Å². The van der Waals surface area contributed by atoms with Crippen LogP contribution in [0.4, 0.5) is 4.39 Å². The van der Waals surface area contributed by atoms with E-state index in [0.717, 1.165) is 11.3 Å². The largest absolute Gasteiger partial charge is 0.240 e. The summed E-state index contributed by atoms with van der Waals surface area (Å²) in [6, 6.07) is 22.1. The van der Waals surface area contributed by atoms with Crippen molar-refractivity contribution >= 4 is 10.0 Å². The number of benzene rings is 3. The van der Waals surface area contributed by atoms with Crippen LogP contribution in [0.5, 0.6) is 0 Å². The molecule has 0 bridgehead atoms. The van der Waals surface area contributed by atoms with Gasteiger partial charge < -0.3 is 0 Å². The number of hydrogen-bond donors (Lipinski definition) is 1. The number of hydrogen-bond acceptors (Lipinski definition) is 3. The van der Waals surface area contributed by atoms with E-state index in [9.17, 15) is 12.8 Å². The molecule has 0 fully saturated rings. The molecule has 1 heterocycles. The van der Waals surface area contributed by atoms with E-state index < -0.39 is 10.0 Å². The average molecular weight is 421 g/mol. The fraction of sp³-hybridized carbons (Fsp3) is 0.0870. The lowest BCUT2D eigenvalue weighted by Crippen LogP contribution is -2.23. The summed E-state index contributed by atoms with van der Waals surface area (Å²) in [5.74, 6) is -0.345. The summed E-state index contributed by atoms with van der Waals surface area (Å²) in [4.78, 5) is 0.201. The molecule has 0 unspecified atom stereocenters. The molecule has 0 amide bonds. The molecule has 0 aliphatic rings. The predicted octanol–water partition coefficient (Wildman–Crippen LogP) is 4.47. The molecule has 0 saturated carbocycles. The third kappa shape index (κ3) is 4.32. The Morgan fingerprint density at radius 3 is 2.27 bits per heavy atom. The Hall–Kier alpha value is -3.29. The van der Waals surface area contributed by atoms with Crippen molar-refractivity contribution in [1.82, 2.24) is 14.5 Å². The van der Waals surface area contributed by atoms with Gasteiger partial charge in [0, 0.05) is 23.9 Å². The molecule has 0 aliphatic carbocycles. The van der Waals surface area contributed by atoms with E-state index in [4.69, 9.17) is 0 Å². The molecular formula is C23H20FN3O2S. The summed E-state index contributed by atoms with van der Waals surface area (Å²) in [6.07, 6.45) is 1.78. The highest BCUT2D eigenvalue weighted by atomic mass is 32.2. The van der Waals surface area contributed by atoms with Gasteiger partial charge in [0.25, 0.3) is 0 Å². The number of para-hydroxylation sites is 1. The van der Waals surface area contributed by atoms with Crippen LogP contribution in [0.25, 0.3) is 16.9 Å². The smallest absolute Gasteiger partial charge is 0.240 e. The first-order valence-electron chi connectivity index (χ1n) is 9.39. The fourth-order valence-electron chi connectivity index (χ4n) is 3.08. The highest BCUT2D eigenvalue weighted by Gasteiger charge is 2.17.